The highest BCUT2D eigenvalue weighted by Gasteiger charge is 2.16. The van der Waals surface area contributed by atoms with Crippen molar-refractivity contribution >= 4 is 11.9 Å². The van der Waals surface area contributed by atoms with Crippen LogP contribution in [0.25, 0.3) is 0 Å². The Morgan fingerprint density at radius 3 is 2.62 bits per heavy atom. The van der Waals surface area contributed by atoms with Crippen LogP contribution >= 0.6 is 0 Å². The number of esters is 1. The van der Waals surface area contributed by atoms with Crippen molar-refractivity contribution in [2.75, 3.05) is 6.61 Å². The zero-order valence-electron chi connectivity index (χ0n) is 9.49. The number of ether oxygens (including phenoxy) is 1. The fourth-order valence-electron chi connectivity index (χ4n) is 1.19. The van der Waals surface area contributed by atoms with E-state index in [4.69, 9.17) is 4.52 Å². The Bertz CT molecular complexity index is 378. The van der Waals surface area contributed by atoms with E-state index in [2.05, 4.69) is 15.2 Å². The molecule has 6 nitrogen and oxygen atoms in total. The molecule has 0 atom stereocenters. The highest BCUT2D eigenvalue weighted by molar-refractivity contribution is 6.32. The predicted molar refractivity (Wildman–Crippen MR) is 54.5 cm³/mol. The molecule has 0 aliphatic heterocycles. The second-order valence-corrected chi connectivity index (χ2v) is 3.21. The first-order chi connectivity index (χ1) is 7.56. The summed E-state index contributed by atoms with van der Waals surface area (Å²) in [6.07, 6.45) is 0. The first-order valence-electron chi connectivity index (χ1n) is 4.93. The summed E-state index contributed by atoms with van der Waals surface area (Å²) >= 11 is 0. The Morgan fingerprint density at radius 2 is 2.12 bits per heavy atom. The standard InChI is InChI=1S/C10H14N2O4/c1-4-15-10(14)9(13)11-5-8-6(2)12-16-7(8)3/h4-5H2,1-3H3,(H,11,13). The van der Waals surface area contributed by atoms with Crippen LogP contribution in [-0.2, 0) is 20.9 Å². The van der Waals surface area contributed by atoms with Crippen molar-refractivity contribution in [2.24, 2.45) is 0 Å². The molecule has 1 N–H and O–H groups in total. The molecule has 0 aliphatic rings. The summed E-state index contributed by atoms with van der Waals surface area (Å²) in [7, 11) is 0. The van der Waals surface area contributed by atoms with Gasteiger partial charge in [0.2, 0.25) is 0 Å². The summed E-state index contributed by atoms with van der Waals surface area (Å²) in [5.41, 5.74) is 1.47. The second kappa shape index (κ2) is 5.29. The molecular formula is C10H14N2O4. The Balaban J connectivity index is 2.52. The quantitative estimate of drug-likeness (QED) is 0.598. The number of amides is 1. The van der Waals surface area contributed by atoms with Gasteiger partial charge in [0.15, 0.2) is 0 Å². The van der Waals surface area contributed by atoms with Gasteiger partial charge in [0.25, 0.3) is 0 Å². The molecule has 0 saturated heterocycles. The molecule has 0 aromatic carbocycles. The largest absolute Gasteiger partial charge is 0.459 e. The van der Waals surface area contributed by atoms with Crippen molar-refractivity contribution in [3.63, 3.8) is 0 Å². The highest BCUT2D eigenvalue weighted by atomic mass is 16.5. The zero-order chi connectivity index (χ0) is 12.1. The third kappa shape index (κ3) is 2.82. The molecule has 0 saturated carbocycles. The molecule has 1 aromatic heterocycles. The molecule has 88 valence electrons. The van der Waals surface area contributed by atoms with Crippen LogP contribution < -0.4 is 5.32 Å². The second-order valence-electron chi connectivity index (χ2n) is 3.21. The molecule has 0 bridgehead atoms. The summed E-state index contributed by atoms with van der Waals surface area (Å²) < 4.78 is 9.46. The normalized spacial score (nSPS) is 9.94. The maximum absolute atomic E-state index is 11.2. The van der Waals surface area contributed by atoms with Crippen molar-refractivity contribution in [3.8, 4) is 0 Å². The van der Waals surface area contributed by atoms with E-state index < -0.39 is 11.9 Å². The number of rotatable bonds is 3. The number of nitrogens with one attached hydrogen (secondary N) is 1. The van der Waals surface area contributed by atoms with E-state index >= 15 is 0 Å². The van der Waals surface area contributed by atoms with Crippen molar-refractivity contribution in [1.82, 2.24) is 10.5 Å². The van der Waals surface area contributed by atoms with Gasteiger partial charge in [-0.2, -0.15) is 0 Å². The number of nitrogens with zero attached hydrogens (tertiary/aromatic N) is 1. The van der Waals surface area contributed by atoms with Crippen LogP contribution in [0.4, 0.5) is 0 Å². The molecule has 0 fully saturated rings. The van der Waals surface area contributed by atoms with Crippen molar-refractivity contribution in [1.29, 1.82) is 0 Å². The number of hydrogen-bond acceptors (Lipinski definition) is 5. The first kappa shape index (κ1) is 12.2. The number of hydrogen-bond donors (Lipinski definition) is 1. The average molecular weight is 226 g/mol. The Labute approximate surface area is 92.9 Å². The van der Waals surface area contributed by atoms with Gasteiger partial charge < -0.3 is 14.6 Å². The van der Waals surface area contributed by atoms with Crippen LogP contribution in [0.2, 0.25) is 0 Å². The van der Waals surface area contributed by atoms with Gasteiger partial charge in [0, 0.05) is 12.1 Å². The van der Waals surface area contributed by atoms with Gasteiger partial charge >= 0.3 is 11.9 Å². The molecule has 16 heavy (non-hydrogen) atoms. The van der Waals surface area contributed by atoms with Gasteiger partial charge in [-0.25, -0.2) is 4.79 Å². The van der Waals surface area contributed by atoms with E-state index in [0.29, 0.717) is 11.5 Å². The fraction of sp³-hybridized carbons (Fsp3) is 0.500. The van der Waals surface area contributed by atoms with Crippen LogP contribution in [0.3, 0.4) is 0 Å². The molecule has 0 unspecified atom stereocenters. The lowest BCUT2D eigenvalue weighted by Gasteiger charge is -2.03. The number of aryl methyl sites for hydroxylation is 2. The minimum atomic E-state index is -0.880. The number of carbonyl (C=O) groups is 2. The summed E-state index contributed by atoms with van der Waals surface area (Å²) in [6.45, 7) is 5.53. The van der Waals surface area contributed by atoms with E-state index in [1.165, 1.54) is 0 Å². The zero-order valence-corrected chi connectivity index (χ0v) is 9.49. The summed E-state index contributed by atoms with van der Waals surface area (Å²) in [5, 5.41) is 6.17. The Kier molecular flexibility index (Phi) is 4.04. The lowest BCUT2D eigenvalue weighted by molar-refractivity contribution is -0.154. The van der Waals surface area contributed by atoms with Gasteiger partial charge in [-0.1, -0.05) is 5.16 Å². The summed E-state index contributed by atoms with van der Waals surface area (Å²) in [5.74, 6) is -1.02. The van der Waals surface area contributed by atoms with E-state index in [0.717, 1.165) is 5.56 Å². The Morgan fingerprint density at radius 1 is 1.44 bits per heavy atom. The highest BCUT2D eigenvalue weighted by Crippen LogP contribution is 2.11. The van der Waals surface area contributed by atoms with Gasteiger partial charge in [-0.15, -0.1) is 0 Å². The third-order valence-electron chi connectivity index (χ3n) is 2.07. The van der Waals surface area contributed by atoms with Gasteiger partial charge in [0.1, 0.15) is 5.76 Å². The Hall–Kier alpha value is -1.85. The minimum Gasteiger partial charge on any atom is -0.459 e. The number of carbonyl (C=O) groups excluding carboxylic acids is 2. The maximum atomic E-state index is 11.2. The van der Waals surface area contributed by atoms with Gasteiger partial charge in [-0.3, -0.25) is 4.79 Å². The number of aromatic nitrogens is 1. The predicted octanol–water partition coefficient (Wildman–Crippen LogP) is 0.471. The monoisotopic (exact) mass is 226 g/mol. The molecule has 0 aliphatic carbocycles. The smallest absolute Gasteiger partial charge is 0.396 e. The van der Waals surface area contributed by atoms with E-state index in [-0.39, 0.29) is 13.2 Å². The molecule has 1 heterocycles. The lowest BCUT2D eigenvalue weighted by atomic mass is 10.2. The van der Waals surface area contributed by atoms with Crippen LogP contribution in [-0.4, -0.2) is 23.6 Å². The van der Waals surface area contributed by atoms with Crippen LogP contribution in [0.5, 0.6) is 0 Å². The molecule has 1 amide bonds. The van der Waals surface area contributed by atoms with E-state index in [1.54, 1.807) is 20.8 Å². The van der Waals surface area contributed by atoms with Gasteiger partial charge in [0.05, 0.1) is 12.3 Å². The molecule has 0 spiro atoms. The van der Waals surface area contributed by atoms with Crippen molar-refractivity contribution in [3.05, 3.63) is 17.0 Å². The molecular weight excluding hydrogens is 212 g/mol. The van der Waals surface area contributed by atoms with Crippen molar-refractivity contribution < 1.29 is 18.8 Å². The average Bonchev–Trinajstić information content (AvgIpc) is 2.56. The van der Waals surface area contributed by atoms with Crippen LogP contribution in [0.1, 0.15) is 23.9 Å². The van der Waals surface area contributed by atoms with Crippen molar-refractivity contribution in [2.45, 2.75) is 27.3 Å². The van der Waals surface area contributed by atoms with Gasteiger partial charge in [-0.05, 0) is 20.8 Å². The minimum absolute atomic E-state index is 0.178. The summed E-state index contributed by atoms with van der Waals surface area (Å²) in [6, 6.07) is 0. The molecule has 0 radical (unpaired) electrons. The summed E-state index contributed by atoms with van der Waals surface area (Å²) in [4.78, 5) is 22.2. The van der Waals surface area contributed by atoms with E-state index in [1.807, 2.05) is 0 Å². The first-order valence-corrected chi connectivity index (χ1v) is 4.93. The van der Waals surface area contributed by atoms with Crippen LogP contribution in [0, 0.1) is 13.8 Å². The maximum Gasteiger partial charge on any atom is 0.396 e. The molecule has 1 rings (SSSR count). The van der Waals surface area contributed by atoms with E-state index in [9.17, 15) is 9.59 Å². The fourth-order valence-corrected chi connectivity index (χ4v) is 1.19. The topological polar surface area (TPSA) is 81.4 Å². The molecule has 1 aromatic rings. The molecule has 6 heteroatoms. The third-order valence-corrected chi connectivity index (χ3v) is 2.07. The lowest BCUT2D eigenvalue weighted by Crippen LogP contribution is -2.32. The SMILES string of the molecule is CCOC(=O)C(=O)NCc1c(C)noc1C. The van der Waals surface area contributed by atoms with Crippen LogP contribution in [0.15, 0.2) is 4.52 Å².